The summed E-state index contributed by atoms with van der Waals surface area (Å²) >= 11 is 1.60. The zero-order valence-corrected chi connectivity index (χ0v) is 11.4. The predicted octanol–water partition coefficient (Wildman–Crippen LogP) is 3.09. The second-order valence-electron chi connectivity index (χ2n) is 3.96. The molecule has 0 aliphatic heterocycles. The third-order valence-corrected chi connectivity index (χ3v) is 3.55. The van der Waals surface area contributed by atoms with Crippen LogP contribution in [0.15, 0.2) is 29.6 Å². The number of aromatic carboxylic acids is 1. The van der Waals surface area contributed by atoms with Gasteiger partial charge in [0.1, 0.15) is 0 Å². The van der Waals surface area contributed by atoms with E-state index in [1.165, 1.54) is 0 Å². The lowest BCUT2D eigenvalue weighted by atomic mass is 10.1. The number of ether oxygens (including phenoxy) is 1. The van der Waals surface area contributed by atoms with Crippen LogP contribution in [0.3, 0.4) is 0 Å². The highest BCUT2D eigenvalue weighted by Gasteiger charge is 2.06. The molecule has 0 spiro atoms. The van der Waals surface area contributed by atoms with Gasteiger partial charge in [0.2, 0.25) is 0 Å². The Balaban J connectivity index is 2.07. The van der Waals surface area contributed by atoms with Gasteiger partial charge in [0.15, 0.2) is 0 Å². The Labute approximate surface area is 115 Å². The summed E-state index contributed by atoms with van der Waals surface area (Å²) in [5.74, 6) is -0.915. The number of hydrogen-bond acceptors (Lipinski definition) is 4. The van der Waals surface area contributed by atoms with Crippen LogP contribution in [0.5, 0.6) is 0 Å². The van der Waals surface area contributed by atoms with Gasteiger partial charge >= 0.3 is 5.97 Å². The van der Waals surface area contributed by atoms with Crippen molar-refractivity contribution in [1.29, 1.82) is 0 Å². The minimum Gasteiger partial charge on any atom is -0.478 e. The van der Waals surface area contributed by atoms with Crippen molar-refractivity contribution in [3.05, 3.63) is 40.2 Å². The van der Waals surface area contributed by atoms with E-state index in [1.54, 1.807) is 35.6 Å². The maximum atomic E-state index is 10.8. The van der Waals surface area contributed by atoms with Crippen molar-refractivity contribution in [2.75, 3.05) is 13.2 Å². The molecule has 1 heterocycles. The van der Waals surface area contributed by atoms with Crippen molar-refractivity contribution in [3.8, 4) is 11.3 Å². The van der Waals surface area contributed by atoms with E-state index in [0.717, 1.165) is 29.3 Å². The molecule has 0 fully saturated rings. The Morgan fingerprint density at radius 2 is 2.11 bits per heavy atom. The molecule has 0 bridgehead atoms. The van der Waals surface area contributed by atoms with Gasteiger partial charge in [-0.3, -0.25) is 0 Å². The van der Waals surface area contributed by atoms with Gasteiger partial charge in [0.25, 0.3) is 0 Å². The fourth-order valence-corrected chi connectivity index (χ4v) is 2.43. The van der Waals surface area contributed by atoms with Crippen molar-refractivity contribution < 1.29 is 14.6 Å². The number of rotatable bonds is 6. The average molecular weight is 277 g/mol. The van der Waals surface area contributed by atoms with E-state index in [9.17, 15) is 4.79 Å². The third-order valence-electron chi connectivity index (χ3n) is 2.64. The Morgan fingerprint density at radius 3 is 2.74 bits per heavy atom. The van der Waals surface area contributed by atoms with Crippen molar-refractivity contribution >= 4 is 17.3 Å². The molecule has 1 aromatic heterocycles. The molecule has 0 saturated carbocycles. The first-order chi connectivity index (χ1) is 9.20. The standard InChI is InChI=1S/C14H15NO3S/c1-2-18-8-7-13-15-12(9-19-13)10-3-5-11(6-4-10)14(16)17/h3-6,9H,2,7-8H2,1H3,(H,16,17). The molecule has 0 unspecified atom stereocenters. The van der Waals surface area contributed by atoms with Gasteiger partial charge in [0, 0.05) is 24.0 Å². The summed E-state index contributed by atoms with van der Waals surface area (Å²) in [5, 5.41) is 11.9. The summed E-state index contributed by atoms with van der Waals surface area (Å²) in [7, 11) is 0. The highest BCUT2D eigenvalue weighted by molar-refractivity contribution is 7.09. The van der Waals surface area contributed by atoms with Crippen LogP contribution in [0.1, 0.15) is 22.3 Å². The van der Waals surface area contributed by atoms with E-state index in [-0.39, 0.29) is 5.56 Å². The fourth-order valence-electron chi connectivity index (χ4n) is 1.65. The molecule has 1 aromatic carbocycles. The van der Waals surface area contributed by atoms with Gasteiger partial charge in [-0.25, -0.2) is 9.78 Å². The molecular weight excluding hydrogens is 262 g/mol. The lowest BCUT2D eigenvalue weighted by Gasteiger charge is -1.99. The molecular formula is C14H15NO3S. The summed E-state index contributed by atoms with van der Waals surface area (Å²) in [4.78, 5) is 15.3. The summed E-state index contributed by atoms with van der Waals surface area (Å²) in [6, 6.07) is 6.75. The van der Waals surface area contributed by atoms with Crippen LogP contribution in [0.4, 0.5) is 0 Å². The molecule has 1 N–H and O–H groups in total. The maximum absolute atomic E-state index is 10.8. The Kier molecular flexibility index (Phi) is 4.65. The normalized spacial score (nSPS) is 10.6. The number of carboxylic acid groups (broad SMARTS) is 1. The van der Waals surface area contributed by atoms with E-state index < -0.39 is 5.97 Å². The average Bonchev–Trinajstić information content (AvgIpc) is 2.88. The van der Waals surface area contributed by atoms with Gasteiger partial charge in [-0.15, -0.1) is 11.3 Å². The van der Waals surface area contributed by atoms with Crippen LogP contribution in [-0.4, -0.2) is 29.3 Å². The molecule has 5 heteroatoms. The molecule has 0 saturated heterocycles. The van der Waals surface area contributed by atoms with Crippen molar-refractivity contribution in [2.45, 2.75) is 13.3 Å². The van der Waals surface area contributed by atoms with Crippen LogP contribution < -0.4 is 0 Å². The molecule has 0 amide bonds. The Morgan fingerprint density at radius 1 is 1.37 bits per heavy atom. The quantitative estimate of drug-likeness (QED) is 0.824. The highest BCUT2D eigenvalue weighted by Crippen LogP contribution is 2.22. The molecule has 0 atom stereocenters. The number of carboxylic acids is 1. The number of thiazole rings is 1. The fraction of sp³-hybridized carbons (Fsp3) is 0.286. The first-order valence-corrected chi connectivity index (χ1v) is 6.94. The molecule has 100 valence electrons. The number of hydrogen-bond donors (Lipinski definition) is 1. The highest BCUT2D eigenvalue weighted by atomic mass is 32.1. The number of benzene rings is 1. The minimum absolute atomic E-state index is 0.288. The molecule has 19 heavy (non-hydrogen) atoms. The summed E-state index contributed by atoms with van der Waals surface area (Å²) < 4.78 is 5.30. The van der Waals surface area contributed by atoms with Crippen molar-refractivity contribution in [2.24, 2.45) is 0 Å². The summed E-state index contributed by atoms with van der Waals surface area (Å²) in [5.41, 5.74) is 2.10. The SMILES string of the molecule is CCOCCc1nc(-c2ccc(C(=O)O)cc2)cs1. The van der Waals surface area contributed by atoms with Crippen molar-refractivity contribution in [1.82, 2.24) is 4.98 Å². The monoisotopic (exact) mass is 277 g/mol. The topological polar surface area (TPSA) is 59.4 Å². The van der Waals surface area contributed by atoms with Crippen LogP contribution in [-0.2, 0) is 11.2 Å². The first kappa shape index (κ1) is 13.7. The zero-order valence-electron chi connectivity index (χ0n) is 10.6. The summed E-state index contributed by atoms with van der Waals surface area (Å²) in [6.45, 7) is 3.37. The number of nitrogens with zero attached hydrogens (tertiary/aromatic N) is 1. The van der Waals surface area contributed by atoms with Gasteiger partial charge in [-0.2, -0.15) is 0 Å². The van der Waals surface area contributed by atoms with Crippen LogP contribution in [0, 0.1) is 0 Å². The van der Waals surface area contributed by atoms with E-state index in [1.807, 2.05) is 12.3 Å². The molecule has 2 rings (SSSR count). The molecule has 2 aromatic rings. The largest absolute Gasteiger partial charge is 0.478 e. The molecule has 0 aliphatic rings. The first-order valence-electron chi connectivity index (χ1n) is 6.06. The zero-order chi connectivity index (χ0) is 13.7. The molecule has 4 nitrogen and oxygen atoms in total. The maximum Gasteiger partial charge on any atom is 0.335 e. The van der Waals surface area contributed by atoms with Gasteiger partial charge in [-0.05, 0) is 19.1 Å². The van der Waals surface area contributed by atoms with Crippen LogP contribution in [0.2, 0.25) is 0 Å². The smallest absolute Gasteiger partial charge is 0.335 e. The van der Waals surface area contributed by atoms with Crippen LogP contribution >= 0.6 is 11.3 Å². The van der Waals surface area contributed by atoms with E-state index in [2.05, 4.69) is 4.98 Å². The number of aromatic nitrogens is 1. The second kappa shape index (κ2) is 6.45. The predicted molar refractivity (Wildman–Crippen MR) is 74.7 cm³/mol. The lowest BCUT2D eigenvalue weighted by molar-refractivity contribution is 0.0697. The lowest BCUT2D eigenvalue weighted by Crippen LogP contribution is -1.97. The van der Waals surface area contributed by atoms with E-state index in [4.69, 9.17) is 9.84 Å². The van der Waals surface area contributed by atoms with E-state index >= 15 is 0 Å². The second-order valence-corrected chi connectivity index (χ2v) is 4.90. The van der Waals surface area contributed by atoms with Crippen molar-refractivity contribution in [3.63, 3.8) is 0 Å². The molecule has 0 radical (unpaired) electrons. The minimum atomic E-state index is -0.915. The Bertz CT molecular complexity index is 548. The number of carbonyl (C=O) groups is 1. The molecule has 0 aliphatic carbocycles. The third kappa shape index (κ3) is 3.62. The van der Waals surface area contributed by atoms with E-state index in [0.29, 0.717) is 6.61 Å². The van der Waals surface area contributed by atoms with Gasteiger partial charge in [-0.1, -0.05) is 12.1 Å². The summed E-state index contributed by atoms with van der Waals surface area (Å²) in [6.07, 6.45) is 0.811. The van der Waals surface area contributed by atoms with Crippen LogP contribution in [0.25, 0.3) is 11.3 Å². The van der Waals surface area contributed by atoms with Gasteiger partial charge < -0.3 is 9.84 Å². The van der Waals surface area contributed by atoms with Gasteiger partial charge in [0.05, 0.1) is 22.9 Å². The Hall–Kier alpha value is -1.72.